The van der Waals surface area contributed by atoms with E-state index >= 15 is 0 Å². The largest absolute Gasteiger partial charge is 0.481 e. The highest BCUT2D eigenvalue weighted by Gasteiger charge is 1.91. The summed E-state index contributed by atoms with van der Waals surface area (Å²) in [7, 11) is 0. The number of unbranched alkanes of at least 4 members (excludes halogenated alkanes) is 6. The molecule has 0 saturated heterocycles. The number of rotatable bonds is 16. The van der Waals surface area contributed by atoms with Crippen LogP contribution < -0.4 is 0 Å². The maximum atomic E-state index is 10.3. The molecule has 0 saturated carbocycles. The van der Waals surface area contributed by atoms with E-state index in [0.29, 0.717) is 6.42 Å². The molecule has 24 heavy (non-hydrogen) atoms. The number of carbonyl (C=O) groups is 1. The van der Waals surface area contributed by atoms with Gasteiger partial charge < -0.3 is 5.11 Å². The Balaban J connectivity index is 3.28. The van der Waals surface area contributed by atoms with E-state index in [1.54, 1.807) is 0 Å². The highest BCUT2D eigenvalue weighted by atomic mass is 16.4. The smallest absolute Gasteiger partial charge is 0.303 e. The third-order valence-corrected chi connectivity index (χ3v) is 3.66. The van der Waals surface area contributed by atoms with Crippen LogP contribution in [0.25, 0.3) is 0 Å². The van der Waals surface area contributed by atoms with Crippen LogP contribution in [0.3, 0.4) is 0 Å². The zero-order valence-corrected chi connectivity index (χ0v) is 15.5. The minimum atomic E-state index is -0.720. The molecule has 0 rings (SSSR count). The topological polar surface area (TPSA) is 37.3 Å². The lowest BCUT2D eigenvalue weighted by molar-refractivity contribution is -0.136. The Bertz CT molecular complexity index is 389. The first-order valence-corrected chi connectivity index (χ1v) is 9.59. The van der Waals surface area contributed by atoms with Gasteiger partial charge in [0.2, 0.25) is 0 Å². The summed E-state index contributed by atoms with van der Waals surface area (Å²) in [5, 5.41) is 8.51. The van der Waals surface area contributed by atoms with Crippen molar-refractivity contribution in [2.75, 3.05) is 0 Å². The predicted octanol–water partition coefficient (Wildman–Crippen LogP) is 7.00. The fourth-order valence-electron chi connectivity index (χ4n) is 2.27. The van der Waals surface area contributed by atoms with Crippen LogP contribution in [-0.2, 0) is 4.79 Å². The van der Waals surface area contributed by atoms with Crippen LogP contribution in [0.5, 0.6) is 0 Å². The van der Waals surface area contributed by atoms with Crippen molar-refractivity contribution in [2.24, 2.45) is 0 Å². The summed E-state index contributed by atoms with van der Waals surface area (Å²) in [6, 6.07) is 0. The Labute approximate surface area is 149 Å². The third-order valence-electron chi connectivity index (χ3n) is 3.66. The second-order valence-electron chi connectivity index (χ2n) is 6.02. The van der Waals surface area contributed by atoms with Crippen LogP contribution in [-0.4, -0.2) is 11.1 Å². The summed E-state index contributed by atoms with van der Waals surface area (Å²) in [6.45, 7) is 2.17. The second kappa shape index (κ2) is 19.5. The molecule has 0 fully saturated rings. The van der Waals surface area contributed by atoms with Crippen LogP contribution >= 0.6 is 0 Å². The number of aliphatic carboxylic acids is 1. The van der Waals surface area contributed by atoms with Gasteiger partial charge in [-0.3, -0.25) is 4.79 Å². The van der Waals surface area contributed by atoms with Gasteiger partial charge in [0.25, 0.3) is 0 Å². The standard InChI is InChI=1S/C22H36O2/c1-2-3-4-5-6-7-8-9-10-11-12-13-14-15-16-17-18-19-20-21-22(23)24/h3-4,7-8,13-14,18-19H,2,5-6,9-12,15-17,20-21H2,1H3,(H,23,24)/b4-3-,8-7+,14-13+,19-18-. The molecule has 0 unspecified atom stereocenters. The van der Waals surface area contributed by atoms with Gasteiger partial charge in [0.15, 0.2) is 0 Å². The first-order valence-electron chi connectivity index (χ1n) is 9.59. The maximum absolute atomic E-state index is 10.3. The van der Waals surface area contributed by atoms with E-state index in [9.17, 15) is 4.79 Å². The molecule has 0 radical (unpaired) electrons. The first kappa shape index (κ1) is 22.4. The quantitative estimate of drug-likeness (QED) is 0.244. The van der Waals surface area contributed by atoms with E-state index in [1.165, 1.54) is 38.5 Å². The van der Waals surface area contributed by atoms with Crippen LogP contribution in [0.4, 0.5) is 0 Å². The Hall–Kier alpha value is -1.57. The zero-order chi connectivity index (χ0) is 17.7. The number of carboxylic acids is 1. The van der Waals surface area contributed by atoms with Crippen molar-refractivity contribution in [1.29, 1.82) is 0 Å². The van der Waals surface area contributed by atoms with Gasteiger partial charge in [0, 0.05) is 6.42 Å². The van der Waals surface area contributed by atoms with Gasteiger partial charge in [0.05, 0.1) is 0 Å². The van der Waals surface area contributed by atoms with Gasteiger partial charge in [-0.25, -0.2) is 0 Å². The van der Waals surface area contributed by atoms with Crippen LogP contribution in [0, 0.1) is 0 Å². The lowest BCUT2D eigenvalue weighted by atomic mass is 10.1. The zero-order valence-electron chi connectivity index (χ0n) is 15.5. The van der Waals surface area contributed by atoms with Crippen molar-refractivity contribution in [1.82, 2.24) is 0 Å². The molecular weight excluding hydrogens is 296 g/mol. The molecule has 0 bridgehead atoms. The van der Waals surface area contributed by atoms with Crippen molar-refractivity contribution in [3.05, 3.63) is 48.6 Å². The summed E-state index contributed by atoms with van der Waals surface area (Å²) in [5.41, 5.74) is 0. The molecule has 0 heterocycles. The van der Waals surface area contributed by atoms with E-state index in [1.807, 2.05) is 6.08 Å². The van der Waals surface area contributed by atoms with E-state index < -0.39 is 5.97 Å². The SMILES string of the molecule is CC/C=C\CC/C=C/CCCC/C=C/CCC/C=C\CCC(=O)O. The minimum absolute atomic E-state index is 0.238. The Morgan fingerprint density at radius 1 is 0.625 bits per heavy atom. The monoisotopic (exact) mass is 332 g/mol. The van der Waals surface area contributed by atoms with E-state index in [0.717, 1.165) is 25.7 Å². The molecule has 2 heteroatoms. The number of allylic oxidation sites excluding steroid dienone is 8. The molecule has 0 amide bonds. The highest BCUT2D eigenvalue weighted by molar-refractivity contribution is 5.66. The van der Waals surface area contributed by atoms with Gasteiger partial charge in [-0.1, -0.05) is 55.5 Å². The number of hydrogen-bond donors (Lipinski definition) is 1. The Kier molecular flexibility index (Phi) is 18.2. The second-order valence-corrected chi connectivity index (χ2v) is 6.02. The van der Waals surface area contributed by atoms with E-state index in [2.05, 4.69) is 49.5 Å². The molecule has 0 aliphatic rings. The number of carboxylic acid groups (broad SMARTS) is 1. The van der Waals surface area contributed by atoms with Crippen molar-refractivity contribution in [3.63, 3.8) is 0 Å². The molecular formula is C22H36O2. The van der Waals surface area contributed by atoms with E-state index in [-0.39, 0.29) is 6.42 Å². The normalized spacial score (nSPS) is 12.4. The summed E-state index contributed by atoms with van der Waals surface area (Å²) in [5.74, 6) is -0.720. The van der Waals surface area contributed by atoms with Crippen LogP contribution in [0.15, 0.2) is 48.6 Å². The molecule has 136 valence electrons. The average Bonchev–Trinajstić information content (AvgIpc) is 2.56. The first-order chi connectivity index (χ1) is 11.8. The van der Waals surface area contributed by atoms with Gasteiger partial charge in [-0.05, 0) is 70.6 Å². The molecule has 0 spiro atoms. The Morgan fingerprint density at radius 2 is 1.04 bits per heavy atom. The lowest BCUT2D eigenvalue weighted by Gasteiger charge is -1.94. The lowest BCUT2D eigenvalue weighted by Crippen LogP contribution is -1.91. The molecule has 1 N–H and O–H groups in total. The minimum Gasteiger partial charge on any atom is -0.481 e. The maximum Gasteiger partial charge on any atom is 0.303 e. The predicted molar refractivity (Wildman–Crippen MR) is 105 cm³/mol. The average molecular weight is 333 g/mol. The highest BCUT2D eigenvalue weighted by Crippen LogP contribution is 2.05. The third kappa shape index (κ3) is 20.4. The summed E-state index contributed by atoms with van der Waals surface area (Å²) in [4.78, 5) is 10.3. The molecule has 0 aromatic heterocycles. The van der Waals surface area contributed by atoms with Gasteiger partial charge in [-0.15, -0.1) is 0 Å². The molecule has 2 nitrogen and oxygen atoms in total. The van der Waals surface area contributed by atoms with E-state index in [4.69, 9.17) is 5.11 Å². The fraction of sp³-hybridized carbons (Fsp3) is 0.591. The number of hydrogen-bond acceptors (Lipinski definition) is 1. The summed E-state index contributed by atoms with van der Waals surface area (Å²) in [6.07, 6.45) is 30.4. The van der Waals surface area contributed by atoms with Crippen LogP contribution in [0.1, 0.15) is 84.0 Å². The molecule has 0 atom stereocenters. The van der Waals surface area contributed by atoms with Gasteiger partial charge >= 0.3 is 5.97 Å². The van der Waals surface area contributed by atoms with Crippen molar-refractivity contribution in [3.8, 4) is 0 Å². The molecule has 0 aromatic carbocycles. The summed E-state index contributed by atoms with van der Waals surface area (Å²) >= 11 is 0. The molecule has 0 aliphatic heterocycles. The van der Waals surface area contributed by atoms with Gasteiger partial charge in [-0.2, -0.15) is 0 Å². The molecule has 0 aromatic rings. The fourth-order valence-corrected chi connectivity index (χ4v) is 2.27. The van der Waals surface area contributed by atoms with Crippen LogP contribution in [0.2, 0.25) is 0 Å². The van der Waals surface area contributed by atoms with Gasteiger partial charge in [0.1, 0.15) is 0 Å². The van der Waals surface area contributed by atoms with Crippen molar-refractivity contribution < 1.29 is 9.90 Å². The van der Waals surface area contributed by atoms with Crippen molar-refractivity contribution >= 4 is 5.97 Å². The molecule has 0 aliphatic carbocycles. The summed E-state index contributed by atoms with van der Waals surface area (Å²) < 4.78 is 0. The Morgan fingerprint density at radius 3 is 1.54 bits per heavy atom. The van der Waals surface area contributed by atoms with Crippen molar-refractivity contribution in [2.45, 2.75) is 84.0 Å².